The van der Waals surface area contributed by atoms with Crippen molar-refractivity contribution in [2.24, 2.45) is 0 Å². The van der Waals surface area contributed by atoms with Crippen LogP contribution in [0.3, 0.4) is 0 Å². The number of rotatable bonds is 4. The van der Waals surface area contributed by atoms with Gasteiger partial charge in [0.25, 0.3) is 0 Å². The second-order valence-electron chi connectivity index (χ2n) is 7.28. The zero-order valence-electron chi connectivity index (χ0n) is 16.6. The maximum atomic E-state index is 12.6. The predicted octanol–water partition coefficient (Wildman–Crippen LogP) is 5.45. The normalized spacial score (nSPS) is 13.3. The molecule has 0 saturated heterocycles. The summed E-state index contributed by atoms with van der Waals surface area (Å²) < 4.78 is 10.9. The van der Waals surface area contributed by atoms with Crippen LogP contribution in [0.2, 0.25) is 0 Å². The number of aryl methyl sites for hydroxylation is 1. The molecule has 0 unspecified atom stereocenters. The van der Waals surface area contributed by atoms with Crippen molar-refractivity contribution in [3.8, 4) is 16.9 Å². The highest BCUT2D eigenvalue weighted by Crippen LogP contribution is 2.28. The molecule has 148 valence electrons. The fraction of sp³-hybridized carbons (Fsp3) is 0.240. The van der Waals surface area contributed by atoms with Crippen LogP contribution >= 0.6 is 0 Å². The van der Waals surface area contributed by atoms with E-state index < -0.39 is 0 Å². The van der Waals surface area contributed by atoms with Crippen LogP contribution in [-0.2, 0) is 24.3 Å². The van der Waals surface area contributed by atoms with Gasteiger partial charge in [0.2, 0.25) is 0 Å². The van der Waals surface area contributed by atoms with Crippen LogP contribution in [0.15, 0.2) is 72.8 Å². The highest BCUT2D eigenvalue weighted by atomic mass is 16.6. The van der Waals surface area contributed by atoms with Gasteiger partial charge in [0.05, 0.1) is 7.11 Å². The zero-order chi connectivity index (χ0) is 20.1. The molecule has 1 aliphatic heterocycles. The Morgan fingerprint density at radius 3 is 2.59 bits per heavy atom. The predicted molar refractivity (Wildman–Crippen MR) is 114 cm³/mol. The smallest absolute Gasteiger partial charge is 0.410 e. The molecule has 0 N–H and O–H groups in total. The molecule has 4 heteroatoms. The van der Waals surface area contributed by atoms with Gasteiger partial charge in [-0.15, -0.1) is 0 Å². The molecule has 1 amide bonds. The molecule has 0 saturated carbocycles. The lowest BCUT2D eigenvalue weighted by Crippen LogP contribution is -2.31. The zero-order valence-corrected chi connectivity index (χ0v) is 16.6. The Morgan fingerprint density at radius 2 is 1.76 bits per heavy atom. The van der Waals surface area contributed by atoms with Crippen LogP contribution < -0.4 is 4.74 Å². The Kier molecular flexibility index (Phi) is 5.80. The molecule has 0 atom stereocenters. The molecular weight excluding hydrogens is 362 g/mol. The highest BCUT2D eigenvalue weighted by molar-refractivity contribution is 5.69. The van der Waals surface area contributed by atoms with Gasteiger partial charge in [-0.1, -0.05) is 60.7 Å². The van der Waals surface area contributed by atoms with Crippen molar-refractivity contribution in [3.05, 3.63) is 89.5 Å². The number of nitrogens with zero attached hydrogens (tertiary/aromatic N) is 1. The van der Waals surface area contributed by atoms with Gasteiger partial charge in [0.15, 0.2) is 0 Å². The van der Waals surface area contributed by atoms with Crippen LogP contribution in [-0.4, -0.2) is 24.6 Å². The number of methoxy groups -OCH3 is 1. The lowest BCUT2D eigenvalue weighted by atomic mass is 9.97. The number of ether oxygens (including phenoxy) is 2. The SMILES string of the molecule is COc1cccc(-c2ccc3c(c2)CCCN(C(=O)OCc2ccccc2)C3)c1. The van der Waals surface area contributed by atoms with E-state index in [1.807, 2.05) is 48.5 Å². The second-order valence-corrected chi connectivity index (χ2v) is 7.28. The third-order valence-corrected chi connectivity index (χ3v) is 5.31. The van der Waals surface area contributed by atoms with E-state index in [9.17, 15) is 4.79 Å². The Balaban J connectivity index is 1.47. The van der Waals surface area contributed by atoms with Gasteiger partial charge in [-0.05, 0) is 52.8 Å². The molecule has 0 aliphatic carbocycles. The summed E-state index contributed by atoms with van der Waals surface area (Å²) in [5, 5.41) is 0. The van der Waals surface area contributed by atoms with Gasteiger partial charge in [-0.2, -0.15) is 0 Å². The summed E-state index contributed by atoms with van der Waals surface area (Å²) in [7, 11) is 1.68. The van der Waals surface area contributed by atoms with E-state index in [-0.39, 0.29) is 6.09 Å². The van der Waals surface area contributed by atoms with E-state index in [2.05, 4.69) is 24.3 Å². The molecule has 0 radical (unpaired) electrons. The molecule has 3 aromatic carbocycles. The fourth-order valence-corrected chi connectivity index (χ4v) is 3.71. The summed E-state index contributed by atoms with van der Waals surface area (Å²) in [6.45, 7) is 1.59. The van der Waals surface area contributed by atoms with Crippen molar-refractivity contribution < 1.29 is 14.3 Å². The molecule has 29 heavy (non-hydrogen) atoms. The summed E-state index contributed by atoms with van der Waals surface area (Å²) in [6.07, 6.45) is 1.63. The minimum Gasteiger partial charge on any atom is -0.497 e. The molecule has 4 rings (SSSR count). The summed E-state index contributed by atoms with van der Waals surface area (Å²) in [6, 6.07) is 24.4. The van der Waals surface area contributed by atoms with E-state index in [4.69, 9.17) is 9.47 Å². The van der Waals surface area contributed by atoms with E-state index in [0.717, 1.165) is 29.7 Å². The average Bonchev–Trinajstić information content (AvgIpc) is 3.00. The minimum atomic E-state index is -0.251. The van der Waals surface area contributed by atoms with Crippen LogP contribution in [0.25, 0.3) is 11.1 Å². The van der Waals surface area contributed by atoms with Gasteiger partial charge in [0.1, 0.15) is 12.4 Å². The van der Waals surface area contributed by atoms with Gasteiger partial charge in [-0.3, -0.25) is 0 Å². The topological polar surface area (TPSA) is 38.8 Å². The molecule has 1 aliphatic rings. The van der Waals surface area contributed by atoms with Gasteiger partial charge in [-0.25, -0.2) is 4.79 Å². The third kappa shape index (κ3) is 4.60. The Morgan fingerprint density at radius 1 is 0.931 bits per heavy atom. The van der Waals surface area contributed by atoms with Crippen molar-refractivity contribution in [3.63, 3.8) is 0 Å². The first-order valence-corrected chi connectivity index (χ1v) is 9.95. The lowest BCUT2D eigenvalue weighted by molar-refractivity contribution is 0.0942. The molecule has 0 spiro atoms. The van der Waals surface area contributed by atoms with Gasteiger partial charge in [0, 0.05) is 13.1 Å². The number of amides is 1. The molecule has 3 aromatic rings. The average molecular weight is 387 g/mol. The minimum absolute atomic E-state index is 0.251. The van der Waals surface area contributed by atoms with E-state index in [1.54, 1.807) is 12.0 Å². The highest BCUT2D eigenvalue weighted by Gasteiger charge is 2.20. The van der Waals surface area contributed by atoms with Crippen LogP contribution in [0, 0.1) is 0 Å². The number of benzene rings is 3. The quantitative estimate of drug-likeness (QED) is 0.598. The van der Waals surface area contributed by atoms with E-state index >= 15 is 0 Å². The van der Waals surface area contributed by atoms with Gasteiger partial charge >= 0.3 is 6.09 Å². The molecule has 0 aromatic heterocycles. The number of hydrogen-bond acceptors (Lipinski definition) is 3. The van der Waals surface area contributed by atoms with Crippen molar-refractivity contribution in [1.82, 2.24) is 4.90 Å². The van der Waals surface area contributed by atoms with Crippen molar-refractivity contribution in [1.29, 1.82) is 0 Å². The van der Waals surface area contributed by atoms with Crippen LogP contribution in [0.4, 0.5) is 4.79 Å². The van der Waals surface area contributed by atoms with Crippen LogP contribution in [0.1, 0.15) is 23.1 Å². The number of carbonyl (C=O) groups excluding carboxylic acids is 1. The Hall–Kier alpha value is -3.27. The first-order chi connectivity index (χ1) is 14.2. The summed E-state index contributed by atoms with van der Waals surface area (Å²) in [5.41, 5.74) is 5.78. The second kappa shape index (κ2) is 8.82. The number of carbonyl (C=O) groups is 1. The van der Waals surface area contributed by atoms with E-state index in [1.165, 1.54) is 16.7 Å². The molecule has 4 nitrogen and oxygen atoms in total. The first-order valence-electron chi connectivity index (χ1n) is 9.95. The Bertz CT molecular complexity index is 984. The van der Waals surface area contributed by atoms with Gasteiger partial charge < -0.3 is 14.4 Å². The third-order valence-electron chi connectivity index (χ3n) is 5.31. The van der Waals surface area contributed by atoms with E-state index in [0.29, 0.717) is 19.7 Å². The summed E-state index contributed by atoms with van der Waals surface area (Å²) in [4.78, 5) is 14.4. The molecular formula is C25H25NO3. The molecule has 0 bridgehead atoms. The fourth-order valence-electron chi connectivity index (χ4n) is 3.71. The maximum Gasteiger partial charge on any atom is 0.410 e. The van der Waals surface area contributed by atoms with Crippen molar-refractivity contribution >= 4 is 6.09 Å². The monoisotopic (exact) mass is 387 g/mol. The standard InChI is InChI=1S/C25H25NO3/c1-28-24-11-5-9-21(16-24)22-12-13-23-17-26(14-6-10-20(23)15-22)25(27)29-18-19-7-3-2-4-8-19/h2-5,7-9,11-13,15-16H,6,10,14,17-18H2,1H3. The summed E-state index contributed by atoms with van der Waals surface area (Å²) in [5.74, 6) is 0.852. The summed E-state index contributed by atoms with van der Waals surface area (Å²) >= 11 is 0. The van der Waals surface area contributed by atoms with Crippen molar-refractivity contribution in [2.75, 3.05) is 13.7 Å². The number of hydrogen-bond donors (Lipinski definition) is 0. The largest absolute Gasteiger partial charge is 0.497 e. The molecule has 1 heterocycles. The Labute approximate surface area is 171 Å². The lowest BCUT2D eigenvalue weighted by Gasteiger charge is -2.20. The molecule has 0 fully saturated rings. The first kappa shape index (κ1) is 19.1. The number of fused-ring (bicyclic) bond motifs is 1. The van der Waals surface area contributed by atoms with Crippen LogP contribution in [0.5, 0.6) is 5.75 Å². The van der Waals surface area contributed by atoms with Crippen molar-refractivity contribution in [2.45, 2.75) is 26.0 Å². The maximum absolute atomic E-state index is 12.6.